The fourth-order valence-electron chi connectivity index (χ4n) is 2.22. The van der Waals surface area contributed by atoms with E-state index in [1.165, 1.54) is 11.3 Å². The normalized spacial score (nSPS) is 10.6. The number of fused-ring (bicyclic) bond motifs is 1. The number of nitrogens with one attached hydrogen (secondary N) is 1. The standard InChI is InChI=1S/C17H16N2O3S/c1-10(20)11-4-6-12(7-5-11)18-17-19-13-8-14(21-2)15(22-3)9-16(13)23-17/h4-9H,1-3H3,(H,18,19). The number of carbonyl (C=O) groups is 1. The van der Waals surface area contributed by atoms with Crippen LogP contribution in [0.25, 0.3) is 10.2 Å². The molecule has 2 aromatic carbocycles. The van der Waals surface area contributed by atoms with Gasteiger partial charge < -0.3 is 14.8 Å². The van der Waals surface area contributed by atoms with Crippen molar-refractivity contribution in [2.24, 2.45) is 0 Å². The highest BCUT2D eigenvalue weighted by molar-refractivity contribution is 7.22. The maximum atomic E-state index is 11.3. The molecule has 0 radical (unpaired) electrons. The SMILES string of the molecule is COc1cc2nc(Nc3ccc(C(C)=O)cc3)sc2cc1OC. The van der Waals surface area contributed by atoms with Crippen LogP contribution in [0.5, 0.6) is 11.5 Å². The summed E-state index contributed by atoms with van der Waals surface area (Å²) in [5.74, 6) is 1.39. The average Bonchev–Trinajstić information content (AvgIpc) is 2.94. The quantitative estimate of drug-likeness (QED) is 0.709. The van der Waals surface area contributed by atoms with E-state index >= 15 is 0 Å². The molecule has 0 unspecified atom stereocenters. The van der Waals surface area contributed by atoms with Gasteiger partial charge in [-0.1, -0.05) is 11.3 Å². The van der Waals surface area contributed by atoms with Crippen molar-refractivity contribution in [3.63, 3.8) is 0 Å². The summed E-state index contributed by atoms with van der Waals surface area (Å²) in [6.45, 7) is 1.55. The molecule has 1 aromatic heterocycles. The molecule has 0 fully saturated rings. The van der Waals surface area contributed by atoms with Crippen molar-refractivity contribution in [1.29, 1.82) is 0 Å². The number of ketones is 1. The lowest BCUT2D eigenvalue weighted by atomic mass is 10.1. The number of anilines is 2. The Labute approximate surface area is 137 Å². The number of hydrogen-bond acceptors (Lipinski definition) is 6. The number of rotatable bonds is 5. The molecule has 3 aromatic rings. The Morgan fingerprint density at radius 3 is 2.35 bits per heavy atom. The third-order valence-corrected chi connectivity index (χ3v) is 4.37. The number of thiazole rings is 1. The molecule has 5 nitrogen and oxygen atoms in total. The minimum atomic E-state index is 0.0516. The van der Waals surface area contributed by atoms with Crippen LogP contribution in [0.2, 0.25) is 0 Å². The van der Waals surface area contributed by atoms with Crippen molar-refractivity contribution in [2.75, 3.05) is 19.5 Å². The summed E-state index contributed by atoms with van der Waals surface area (Å²) in [6.07, 6.45) is 0. The van der Waals surface area contributed by atoms with Crippen LogP contribution in [0.3, 0.4) is 0 Å². The van der Waals surface area contributed by atoms with Gasteiger partial charge in [-0.25, -0.2) is 4.98 Å². The molecule has 0 bridgehead atoms. The van der Waals surface area contributed by atoms with Crippen LogP contribution in [-0.2, 0) is 0 Å². The van der Waals surface area contributed by atoms with E-state index in [-0.39, 0.29) is 5.78 Å². The van der Waals surface area contributed by atoms with Crippen LogP contribution in [0, 0.1) is 0 Å². The van der Waals surface area contributed by atoms with Crippen molar-refractivity contribution >= 4 is 38.2 Å². The van der Waals surface area contributed by atoms with Crippen LogP contribution >= 0.6 is 11.3 Å². The first-order valence-corrected chi connectivity index (χ1v) is 7.83. The Bertz CT molecular complexity index is 815. The van der Waals surface area contributed by atoms with E-state index in [0.717, 1.165) is 21.0 Å². The van der Waals surface area contributed by atoms with E-state index in [2.05, 4.69) is 10.3 Å². The second kappa shape index (κ2) is 6.26. The Balaban J connectivity index is 1.89. The van der Waals surface area contributed by atoms with Gasteiger partial charge in [0.2, 0.25) is 0 Å². The summed E-state index contributed by atoms with van der Waals surface area (Å²) in [4.78, 5) is 15.9. The Kier molecular flexibility index (Phi) is 4.16. The smallest absolute Gasteiger partial charge is 0.188 e. The highest BCUT2D eigenvalue weighted by atomic mass is 32.1. The highest BCUT2D eigenvalue weighted by Gasteiger charge is 2.11. The van der Waals surface area contributed by atoms with Crippen LogP contribution in [0.4, 0.5) is 10.8 Å². The molecular weight excluding hydrogens is 312 g/mol. The van der Waals surface area contributed by atoms with E-state index in [1.54, 1.807) is 33.3 Å². The third-order valence-electron chi connectivity index (χ3n) is 3.44. The van der Waals surface area contributed by atoms with Gasteiger partial charge in [0.1, 0.15) is 0 Å². The molecule has 0 saturated heterocycles. The number of benzene rings is 2. The number of nitrogens with zero attached hydrogens (tertiary/aromatic N) is 1. The zero-order valence-corrected chi connectivity index (χ0v) is 13.9. The number of carbonyl (C=O) groups excluding carboxylic acids is 1. The van der Waals surface area contributed by atoms with E-state index < -0.39 is 0 Å². The van der Waals surface area contributed by atoms with Gasteiger partial charge in [0.05, 0.1) is 24.4 Å². The van der Waals surface area contributed by atoms with E-state index in [9.17, 15) is 4.79 Å². The predicted octanol–water partition coefficient (Wildman–Crippen LogP) is 4.26. The number of aromatic nitrogens is 1. The zero-order valence-electron chi connectivity index (χ0n) is 13.0. The monoisotopic (exact) mass is 328 g/mol. The summed E-state index contributed by atoms with van der Waals surface area (Å²) in [6, 6.07) is 11.1. The lowest BCUT2D eigenvalue weighted by Crippen LogP contribution is -1.93. The third kappa shape index (κ3) is 3.12. The molecule has 0 aliphatic rings. The molecule has 6 heteroatoms. The maximum Gasteiger partial charge on any atom is 0.188 e. The number of Topliss-reactive ketones (excluding diaryl/α,β-unsaturated/α-hetero) is 1. The zero-order chi connectivity index (χ0) is 16.4. The second-order valence-corrected chi connectivity index (χ2v) is 5.98. The molecule has 0 atom stereocenters. The van der Waals surface area contributed by atoms with Crippen LogP contribution in [0.1, 0.15) is 17.3 Å². The number of methoxy groups -OCH3 is 2. The Morgan fingerprint density at radius 1 is 1.09 bits per heavy atom. The van der Waals surface area contributed by atoms with Gasteiger partial charge in [-0.05, 0) is 31.2 Å². The largest absolute Gasteiger partial charge is 0.493 e. The molecule has 0 aliphatic heterocycles. The second-order valence-electron chi connectivity index (χ2n) is 4.95. The summed E-state index contributed by atoms with van der Waals surface area (Å²) >= 11 is 1.53. The highest BCUT2D eigenvalue weighted by Crippen LogP contribution is 2.36. The van der Waals surface area contributed by atoms with Gasteiger partial charge in [0, 0.05) is 23.4 Å². The summed E-state index contributed by atoms with van der Waals surface area (Å²) in [7, 11) is 3.21. The van der Waals surface area contributed by atoms with Crippen molar-refractivity contribution in [2.45, 2.75) is 6.92 Å². The van der Waals surface area contributed by atoms with Gasteiger partial charge in [0.15, 0.2) is 22.4 Å². The molecule has 0 aliphatic carbocycles. The average molecular weight is 328 g/mol. The van der Waals surface area contributed by atoms with Gasteiger partial charge in [-0.3, -0.25) is 4.79 Å². The molecule has 3 rings (SSSR count). The summed E-state index contributed by atoms with van der Waals surface area (Å²) in [5.41, 5.74) is 2.41. The molecule has 1 heterocycles. The summed E-state index contributed by atoms with van der Waals surface area (Å²) in [5, 5.41) is 4.02. The predicted molar refractivity (Wildman–Crippen MR) is 92.5 cm³/mol. The lowest BCUT2D eigenvalue weighted by molar-refractivity contribution is 0.101. The molecular formula is C17H16N2O3S. The van der Waals surface area contributed by atoms with E-state index in [0.29, 0.717) is 17.1 Å². The van der Waals surface area contributed by atoms with E-state index in [4.69, 9.17) is 9.47 Å². The van der Waals surface area contributed by atoms with Gasteiger partial charge in [-0.2, -0.15) is 0 Å². The van der Waals surface area contributed by atoms with Gasteiger partial charge in [0.25, 0.3) is 0 Å². The number of hydrogen-bond donors (Lipinski definition) is 1. The molecule has 118 valence electrons. The molecule has 1 N–H and O–H groups in total. The van der Waals surface area contributed by atoms with Crippen LogP contribution in [0.15, 0.2) is 36.4 Å². The Morgan fingerprint density at radius 2 is 1.74 bits per heavy atom. The van der Waals surface area contributed by atoms with Crippen molar-refractivity contribution in [3.05, 3.63) is 42.0 Å². The van der Waals surface area contributed by atoms with E-state index in [1.807, 2.05) is 24.3 Å². The summed E-state index contributed by atoms with van der Waals surface area (Å²) < 4.78 is 11.6. The molecule has 23 heavy (non-hydrogen) atoms. The first-order chi connectivity index (χ1) is 11.1. The fourth-order valence-corrected chi connectivity index (χ4v) is 3.12. The lowest BCUT2D eigenvalue weighted by Gasteiger charge is -2.05. The van der Waals surface area contributed by atoms with Gasteiger partial charge >= 0.3 is 0 Å². The molecule has 0 amide bonds. The molecule has 0 spiro atoms. The van der Waals surface area contributed by atoms with Crippen molar-refractivity contribution < 1.29 is 14.3 Å². The van der Waals surface area contributed by atoms with Gasteiger partial charge in [-0.15, -0.1) is 0 Å². The minimum Gasteiger partial charge on any atom is -0.493 e. The minimum absolute atomic E-state index is 0.0516. The molecule has 0 saturated carbocycles. The Hall–Kier alpha value is -2.60. The van der Waals surface area contributed by atoms with Crippen molar-refractivity contribution in [1.82, 2.24) is 4.98 Å². The maximum absolute atomic E-state index is 11.3. The first kappa shape index (κ1) is 15.3. The fraction of sp³-hybridized carbons (Fsp3) is 0.176. The van der Waals surface area contributed by atoms with Crippen LogP contribution < -0.4 is 14.8 Å². The van der Waals surface area contributed by atoms with Crippen molar-refractivity contribution in [3.8, 4) is 11.5 Å². The number of ether oxygens (including phenoxy) is 2. The topological polar surface area (TPSA) is 60.5 Å². The first-order valence-electron chi connectivity index (χ1n) is 7.01. The van der Waals surface area contributed by atoms with Crippen LogP contribution in [-0.4, -0.2) is 25.0 Å².